The van der Waals surface area contributed by atoms with Gasteiger partial charge < -0.3 is 88.9 Å². The molecule has 0 spiro atoms. The molecule has 0 radical (unpaired) electrons. The Bertz CT molecular complexity index is 1150. The minimum atomic E-state index is -0.813. The lowest BCUT2D eigenvalue weighted by Crippen LogP contribution is -2.43. The fraction of sp³-hybridized carbons (Fsp3) is 0.889. The number of Topliss-reactive ketones (excluding diaryl/α,β-unsaturated/α-hetero) is 4. The molecule has 68 heavy (non-hydrogen) atoms. The van der Waals surface area contributed by atoms with Crippen LogP contribution in [0.4, 0.5) is 0 Å². The molecular weight excluding hydrogens is 920 g/mol. The van der Waals surface area contributed by atoms with Gasteiger partial charge in [-0.1, -0.05) is 0 Å². The van der Waals surface area contributed by atoms with Gasteiger partial charge in [0.05, 0.1) is 157 Å². The molecule has 0 rings (SSSR count). The van der Waals surface area contributed by atoms with Crippen LogP contribution in [0.15, 0.2) is 0 Å². The van der Waals surface area contributed by atoms with Crippen molar-refractivity contribution in [2.24, 2.45) is 17.2 Å². The molecular formula is C45H89ClN4O18. The van der Waals surface area contributed by atoms with E-state index in [9.17, 15) is 24.0 Å². The van der Waals surface area contributed by atoms with Crippen LogP contribution in [0.3, 0.4) is 0 Å². The minimum Gasteiger partial charge on any atom is -0.382 e. The van der Waals surface area contributed by atoms with Gasteiger partial charge in [0.1, 0.15) is 24.0 Å². The summed E-state index contributed by atoms with van der Waals surface area (Å²) in [6.45, 7) is 14.2. The van der Waals surface area contributed by atoms with E-state index in [4.69, 9.17) is 78.8 Å². The van der Waals surface area contributed by atoms with Gasteiger partial charge in [0, 0.05) is 59.1 Å². The Kier molecular flexibility index (Phi) is 59.1. The molecule has 0 unspecified atom stereocenters. The highest BCUT2D eigenvalue weighted by molar-refractivity contribution is 5.90. The number of hydrogen-bond donors (Lipinski definition) is 4. The minimum absolute atomic E-state index is 0. The van der Waals surface area contributed by atoms with Gasteiger partial charge in [-0.2, -0.15) is 0 Å². The van der Waals surface area contributed by atoms with Crippen LogP contribution in [0, 0.1) is 0 Å². The second kappa shape index (κ2) is 57.4. The quantitative estimate of drug-likeness (QED) is 0.0600. The van der Waals surface area contributed by atoms with Crippen molar-refractivity contribution in [3.05, 3.63) is 0 Å². The molecule has 23 heteroatoms. The van der Waals surface area contributed by atoms with E-state index in [1.54, 1.807) is 7.11 Å². The van der Waals surface area contributed by atoms with Gasteiger partial charge >= 0.3 is 0 Å². The maximum atomic E-state index is 13.1. The highest BCUT2D eigenvalue weighted by Gasteiger charge is 2.21. The average Bonchev–Trinajstić information content (AvgIpc) is 3.31. The Morgan fingerprint density at radius 2 is 0.794 bits per heavy atom. The smallest absolute Gasteiger partial charge is 0.246 e. The molecule has 0 aliphatic carbocycles. The number of methoxy groups -OCH3 is 1. The number of ketones is 4. The summed E-state index contributed by atoms with van der Waals surface area (Å²) in [5.74, 6) is -0.596. The normalized spacial score (nSPS) is 11.9. The summed E-state index contributed by atoms with van der Waals surface area (Å²) in [6.07, 6.45) is 2.72. The third-order valence-electron chi connectivity index (χ3n) is 8.76. The van der Waals surface area contributed by atoms with Crippen molar-refractivity contribution < 1.29 is 85.6 Å². The van der Waals surface area contributed by atoms with Gasteiger partial charge in [-0.15, -0.1) is 12.4 Å². The van der Waals surface area contributed by atoms with Gasteiger partial charge in [-0.3, -0.25) is 19.2 Å². The van der Waals surface area contributed by atoms with Crippen LogP contribution < -0.4 is 22.5 Å². The van der Waals surface area contributed by atoms with Gasteiger partial charge in [-0.25, -0.2) is 0 Å². The summed E-state index contributed by atoms with van der Waals surface area (Å²) >= 11 is 0. The van der Waals surface area contributed by atoms with Crippen LogP contribution in [-0.2, 0) is 85.6 Å². The number of amides is 1. The topological polar surface area (TPSA) is 295 Å². The van der Waals surface area contributed by atoms with Crippen LogP contribution in [0.2, 0.25) is 0 Å². The molecule has 1 amide bonds. The van der Waals surface area contributed by atoms with E-state index in [0.717, 1.165) is 0 Å². The Morgan fingerprint density at radius 3 is 1.16 bits per heavy atom. The van der Waals surface area contributed by atoms with Crippen molar-refractivity contribution in [3.8, 4) is 0 Å². The van der Waals surface area contributed by atoms with E-state index in [1.165, 1.54) is 13.8 Å². The highest BCUT2D eigenvalue weighted by atomic mass is 35.5. The van der Waals surface area contributed by atoms with Crippen LogP contribution in [0.1, 0.15) is 65.2 Å². The number of halogens is 1. The fourth-order valence-corrected chi connectivity index (χ4v) is 5.09. The Labute approximate surface area is 411 Å². The molecule has 0 aromatic rings. The van der Waals surface area contributed by atoms with Crippen molar-refractivity contribution in [3.63, 3.8) is 0 Å². The number of hydrogen-bond acceptors (Lipinski definition) is 21. The molecule has 0 aliphatic rings. The first-order valence-electron chi connectivity index (χ1n) is 23.5. The number of nitrogens with one attached hydrogen (secondary N) is 1. The average molecular weight is 1010 g/mol. The van der Waals surface area contributed by atoms with E-state index in [-0.39, 0.29) is 68.0 Å². The van der Waals surface area contributed by atoms with Crippen molar-refractivity contribution >= 4 is 41.4 Å². The number of nitrogens with two attached hydrogens (primary N) is 3. The Balaban J connectivity index is -0.00000341. The summed E-state index contributed by atoms with van der Waals surface area (Å²) in [4.78, 5) is 59.2. The third-order valence-corrected chi connectivity index (χ3v) is 8.76. The molecule has 0 bridgehead atoms. The third kappa shape index (κ3) is 56.4. The molecule has 0 saturated heterocycles. The van der Waals surface area contributed by atoms with Crippen LogP contribution in [0.25, 0.3) is 0 Å². The van der Waals surface area contributed by atoms with Crippen molar-refractivity contribution in [2.45, 2.75) is 77.3 Å². The molecule has 7 N–H and O–H groups in total. The Morgan fingerprint density at radius 1 is 0.441 bits per heavy atom. The Hall–Kier alpha value is -2.20. The predicted octanol–water partition coefficient (Wildman–Crippen LogP) is 0.407. The predicted molar refractivity (Wildman–Crippen MR) is 255 cm³/mol. The van der Waals surface area contributed by atoms with Gasteiger partial charge in [0.2, 0.25) is 5.91 Å². The summed E-state index contributed by atoms with van der Waals surface area (Å²) in [6, 6.07) is -1.27. The first-order valence-corrected chi connectivity index (χ1v) is 23.5. The second-order valence-electron chi connectivity index (χ2n) is 14.7. The lowest BCUT2D eigenvalue weighted by atomic mass is 10.00. The lowest BCUT2D eigenvalue weighted by Gasteiger charge is -2.18. The van der Waals surface area contributed by atoms with Gasteiger partial charge in [0.25, 0.3) is 0 Å². The maximum Gasteiger partial charge on any atom is 0.246 e. The number of carbonyl (C=O) groups excluding carboxylic acids is 5. The monoisotopic (exact) mass is 1010 g/mol. The van der Waals surface area contributed by atoms with Gasteiger partial charge in [-0.05, 0) is 39.5 Å². The van der Waals surface area contributed by atoms with E-state index in [2.05, 4.69) is 5.32 Å². The fourth-order valence-electron chi connectivity index (χ4n) is 5.09. The summed E-state index contributed by atoms with van der Waals surface area (Å²) in [5, 5.41) is 2.74. The molecule has 0 heterocycles. The first kappa shape index (κ1) is 70.1. The molecule has 2 atom stereocenters. The number of carbonyl (C=O) groups is 5. The second-order valence-corrected chi connectivity index (χ2v) is 14.7. The molecule has 0 fully saturated rings. The molecule has 0 aromatic heterocycles. The molecule has 0 aromatic carbocycles. The molecule has 22 nitrogen and oxygen atoms in total. The summed E-state index contributed by atoms with van der Waals surface area (Å²) in [7, 11) is 1.58. The highest BCUT2D eigenvalue weighted by Crippen LogP contribution is 2.08. The van der Waals surface area contributed by atoms with Crippen molar-refractivity contribution in [1.29, 1.82) is 0 Å². The lowest BCUT2D eigenvalue weighted by molar-refractivity contribution is -0.131. The zero-order valence-electron chi connectivity index (χ0n) is 41.4. The first-order chi connectivity index (χ1) is 32.6. The standard InChI is InChI=1S/C38H75N3O16.C7H13NO2.ClH/c1-45-14-15-50-32-33-57-34-38(44)41-36(37(43)5-3-11-47-17-21-52-25-29-56-31-27-54-23-19-49-13-9-40)7-6-35(42)4-2-10-46-16-20-51-24-28-55-30-26-53-22-18-48-12-8-39;1-5(9)3-4-7(8)6(2)10;/h36H,2-34,39-40H2,1H3,(H,41,44);7H,3-4,8H2,1-2H3;1H/t36-;7-;/m11./s1. The molecule has 404 valence electrons. The molecule has 0 aliphatic heterocycles. The molecule has 0 saturated carbocycles. The van der Waals surface area contributed by atoms with Crippen molar-refractivity contribution in [1.82, 2.24) is 5.32 Å². The SMILES string of the molecule is CC(=O)CC[C@@H](N)C(C)=O.COCCOCCOCC(=O)N[C@H](CCC(=O)CCCOCCOCCOCCOCCOCCN)C(=O)CCCOCCOCCOCCOCCOCCN.Cl. The maximum absolute atomic E-state index is 13.1. The summed E-state index contributed by atoms with van der Waals surface area (Å²) in [5.41, 5.74) is 16.1. The van der Waals surface area contributed by atoms with E-state index in [0.29, 0.717) is 197 Å². The number of ether oxygens (including phenoxy) is 13. The zero-order valence-corrected chi connectivity index (χ0v) is 42.2. The van der Waals surface area contributed by atoms with Crippen LogP contribution in [-0.4, -0.2) is 226 Å². The van der Waals surface area contributed by atoms with E-state index in [1.807, 2.05) is 0 Å². The summed E-state index contributed by atoms with van der Waals surface area (Å²) < 4.78 is 69.9. The number of rotatable bonds is 53. The van der Waals surface area contributed by atoms with Crippen molar-refractivity contribution in [2.75, 3.05) is 185 Å². The van der Waals surface area contributed by atoms with E-state index < -0.39 is 18.0 Å². The van der Waals surface area contributed by atoms with Crippen LogP contribution in [0.5, 0.6) is 0 Å². The zero-order chi connectivity index (χ0) is 49.7. The largest absolute Gasteiger partial charge is 0.382 e. The van der Waals surface area contributed by atoms with Crippen LogP contribution >= 0.6 is 12.4 Å². The van der Waals surface area contributed by atoms with Gasteiger partial charge in [0.15, 0.2) is 5.78 Å². The van der Waals surface area contributed by atoms with E-state index >= 15 is 0 Å².